The van der Waals surface area contributed by atoms with E-state index in [0.29, 0.717) is 6.54 Å². The molecule has 0 bridgehead atoms. The number of amidine groups is 1. The normalized spacial score (nSPS) is 14.5. The lowest BCUT2D eigenvalue weighted by molar-refractivity contribution is 1.02. The van der Waals surface area contributed by atoms with E-state index in [2.05, 4.69) is 183 Å². The highest BCUT2D eigenvalue weighted by molar-refractivity contribution is 6.12. The average molecular weight is 736 g/mol. The summed E-state index contributed by atoms with van der Waals surface area (Å²) in [5.41, 5.74) is 18.6. The second kappa shape index (κ2) is 15.7. The van der Waals surface area contributed by atoms with Gasteiger partial charge in [0.15, 0.2) is 5.84 Å². The van der Waals surface area contributed by atoms with Crippen LogP contribution >= 0.6 is 0 Å². The van der Waals surface area contributed by atoms with Crippen molar-refractivity contribution in [1.29, 1.82) is 0 Å². The lowest BCUT2D eigenvalue weighted by atomic mass is 9.87. The van der Waals surface area contributed by atoms with Gasteiger partial charge in [0.1, 0.15) is 0 Å². The van der Waals surface area contributed by atoms with Gasteiger partial charge in [-0.05, 0) is 113 Å². The minimum absolute atomic E-state index is 0.595. The van der Waals surface area contributed by atoms with E-state index in [9.17, 15) is 0 Å². The molecule has 1 heterocycles. The van der Waals surface area contributed by atoms with Crippen LogP contribution < -0.4 is 0 Å². The van der Waals surface area contributed by atoms with Crippen molar-refractivity contribution >= 4 is 44.5 Å². The number of fused-ring (bicyclic) bond motifs is 6. The fraction of sp³-hybridized carbons (Fsp3) is 0.111. The molecule has 276 valence electrons. The van der Waals surface area contributed by atoms with Gasteiger partial charge in [-0.15, -0.1) is 0 Å². The molecule has 0 radical (unpaired) electrons. The van der Waals surface area contributed by atoms with Gasteiger partial charge in [0.25, 0.3) is 0 Å². The molecule has 0 unspecified atom stereocenters. The van der Waals surface area contributed by atoms with Gasteiger partial charge in [-0.25, -0.2) is 4.99 Å². The minimum Gasteiger partial charge on any atom is -0.309 e. The molecule has 0 amide bonds. The third-order valence-corrected chi connectivity index (χ3v) is 11.3. The summed E-state index contributed by atoms with van der Waals surface area (Å²) in [4.78, 5) is 10.1. The van der Waals surface area contributed by atoms with E-state index < -0.39 is 0 Å². The zero-order valence-corrected chi connectivity index (χ0v) is 32.6. The van der Waals surface area contributed by atoms with Crippen molar-refractivity contribution < 1.29 is 0 Å². The molecule has 0 spiro atoms. The molecule has 0 N–H and O–H groups in total. The molecule has 2 aliphatic carbocycles. The molecule has 6 aromatic carbocycles. The molecule has 2 aliphatic rings. The number of para-hydroxylation sites is 1. The molecular weight excluding hydrogens is 691 g/mol. The monoisotopic (exact) mass is 735 g/mol. The first-order valence-corrected chi connectivity index (χ1v) is 19.9. The Hall–Kier alpha value is -6.84. The Morgan fingerprint density at radius 2 is 1.49 bits per heavy atom. The molecule has 7 aromatic rings. The number of allylic oxidation sites excluding steroid dienone is 9. The summed E-state index contributed by atoms with van der Waals surface area (Å²) in [5, 5.41) is 2.52. The molecule has 1 aromatic heterocycles. The number of aromatic nitrogens is 1. The van der Waals surface area contributed by atoms with E-state index in [1.165, 1.54) is 77.6 Å². The molecular formula is C54H45N3. The third-order valence-electron chi connectivity index (χ3n) is 11.3. The quantitative estimate of drug-likeness (QED) is 0.0803. The van der Waals surface area contributed by atoms with Crippen LogP contribution in [0.2, 0.25) is 0 Å². The first-order chi connectivity index (χ1) is 28.1. The van der Waals surface area contributed by atoms with Crippen LogP contribution in [0.5, 0.6) is 0 Å². The molecule has 0 saturated carbocycles. The Balaban J connectivity index is 1.05. The summed E-state index contributed by atoms with van der Waals surface area (Å²) in [6, 6.07) is 50.2. The lowest BCUT2D eigenvalue weighted by Crippen LogP contribution is -2.07. The zero-order chi connectivity index (χ0) is 38.7. The standard InChI is InChI=1S/C54H45N3/c1-4-15-40(16-5-2)43-29-31-50-49-22-12-13-24-51(49)57(52(50)35-43)46-30-32-48-45(34-46)33-44-21-14-23-47(53(44)48)41-27-25-39(26-28-41)37(3)56-54(42-19-10-7-11-20-42)55-36-38-17-8-6-9-18-38/h4-25,27,29-32,34-35H,1,26,28,33,36H2,2-3H3/b16-5-,40-15+,55-54?,56-37?. The summed E-state index contributed by atoms with van der Waals surface area (Å²) < 4.78 is 2.44. The second-order valence-electron chi connectivity index (χ2n) is 14.9. The summed E-state index contributed by atoms with van der Waals surface area (Å²) in [7, 11) is 0. The molecule has 0 saturated heterocycles. The van der Waals surface area contributed by atoms with Gasteiger partial charge < -0.3 is 4.57 Å². The van der Waals surface area contributed by atoms with Crippen molar-refractivity contribution in [3.05, 3.63) is 222 Å². The Morgan fingerprint density at radius 3 is 2.28 bits per heavy atom. The molecule has 9 rings (SSSR count). The summed E-state index contributed by atoms with van der Waals surface area (Å²) in [6.45, 7) is 8.74. The second-order valence-corrected chi connectivity index (χ2v) is 14.9. The van der Waals surface area contributed by atoms with E-state index in [-0.39, 0.29) is 0 Å². The summed E-state index contributed by atoms with van der Waals surface area (Å²) in [6.07, 6.45) is 15.6. The maximum Gasteiger partial charge on any atom is 0.155 e. The molecule has 0 fully saturated rings. The Labute approximate surface area is 335 Å². The number of hydrogen-bond donors (Lipinski definition) is 0. The molecule has 0 aliphatic heterocycles. The Bertz CT molecular complexity index is 2860. The Morgan fingerprint density at radius 1 is 0.702 bits per heavy atom. The summed E-state index contributed by atoms with van der Waals surface area (Å²) >= 11 is 0. The number of nitrogens with zero attached hydrogens (tertiary/aromatic N) is 3. The van der Waals surface area contributed by atoms with Crippen LogP contribution in [0.25, 0.3) is 49.8 Å². The maximum atomic E-state index is 5.13. The highest BCUT2D eigenvalue weighted by Gasteiger charge is 2.25. The van der Waals surface area contributed by atoms with Crippen molar-refractivity contribution in [3.63, 3.8) is 0 Å². The van der Waals surface area contributed by atoms with Crippen LogP contribution in [0.15, 0.2) is 198 Å². The van der Waals surface area contributed by atoms with E-state index >= 15 is 0 Å². The summed E-state index contributed by atoms with van der Waals surface area (Å²) in [5.74, 6) is 0.772. The molecule has 0 atom stereocenters. The van der Waals surface area contributed by atoms with Crippen LogP contribution in [0, 0.1) is 0 Å². The van der Waals surface area contributed by atoms with Crippen LogP contribution in [-0.2, 0) is 13.0 Å². The van der Waals surface area contributed by atoms with Gasteiger partial charge in [0.2, 0.25) is 0 Å². The number of hydrogen-bond acceptors (Lipinski definition) is 1. The predicted molar refractivity (Wildman–Crippen MR) is 244 cm³/mol. The van der Waals surface area contributed by atoms with Crippen LogP contribution in [0.4, 0.5) is 0 Å². The van der Waals surface area contributed by atoms with Gasteiger partial charge in [-0.1, -0.05) is 158 Å². The van der Waals surface area contributed by atoms with Crippen molar-refractivity contribution in [1.82, 2.24) is 4.57 Å². The largest absolute Gasteiger partial charge is 0.309 e. The van der Waals surface area contributed by atoms with Crippen molar-refractivity contribution in [3.8, 4) is 16.8 Å². The van der Waals surface area contributed by atoms with E-state index in [4.69, 9.17) is 9.98 Å². The fourth-order valence-corrected chi connectivity index (χ4v) is 8.55. The van der Waals surface area contributed by atoms with Gasteiger partial charge in [0.05, 0.1) is 17.6 Å². The topological polar surface area (TPSA) is 29.6 Å². The Kier molecular flexibility index (Phi) is 9.88. The molecule has 3 heteroatoms. The smallest absolute Gasteiger partial charge is 0.155 e. The highest BCUT2D eigenvalue weighted by Crippen LogP contribution is 2.44. The average Bonchev–Trinajstić information content (AvgIpc) is 3.80. The number of benzene rings is 6. The first kappa shape index (κ1) is 35.8. The minimum atomic E-state index is 0.595. The van der Waals surface area contributed by atoms with Crippen molar-refractivity contribution in [2.75, 3.05) is 0 Å². The lowest BCUT2D eigenvalue weighted by Gasteiger charge is -2.18. The van der Waals surface area contributed by atoms with E-state index in [1.807, 2.05) is 18.2 Å². The van der Waals surface area contributed by atoms with Gasteiger partial charge >= 0.3 is 0 Å². The van der Waals surface area contributed by atoms with Crippen molar-refractivity contribution in [2.45, 2.75) is 39.7 Å². The third kappa shape index (κ3) is 6.98. The van der Waals surface area contributed by atoms with E-state index in [1.54, 1.807) is 0 Å². The highest BCUT2D eigenvalue weighted by atomic mass is 15.0. The molecule has 3 nitrogen and oxygen atoms in total. The van der Waals surface area contributed by atoms with Crippen LogP contribution in [0.1, 0.15) is 60.1 Å². The number of rotatable bonds is 9. The van der Waals surface area contributed by atoms with Gasteiger partial charge in [-0.2, -0.15) is 0 Å². The predicted octanol–water partition coefficient (Wildman–Crippen LogP) is 13.7. The van der Waals surface area contributed by atoms with Gasteiger partial charge in [-0.3, -0.25) is 4.99 Å². The first-order valence-electron chi connectivity index (χ1n) is 19.9. The fourth-order valence-electron chi connectivity index (χ4n) is 8.55. The van der Waals surface area contributed by atoms with E-state index in [0.717, 1.165) is 41.9 Å². The SMILES string of the molecule is C=C/C=C(\C=C/C)c1ccc2c3ccccc3n(-c3ccc4c(c3)Cc3cccc(C5=CC=C(C(C)=NC(=NCc6ccccc6)c6ccccc6)CC5)c3-4)c2c1. The van der Waals surface area contributed by atoms with Crippen molar-refractivity contribution in [2.24, 2.45) is 9.98 Å². The maximum absolute atomic E-state index is 5.13. The van der Waals surface area contributed by atoms with Gasteiger partial charge in [0, 0.05) is 27.7 Å². The van der Waals surface area contributed by atoms with Crippen LogP contribution in [0.3, 0.4) is 0 Å². The zero-order valence-electron chi connectivity index (χ0n) is 32.6. The molecule has 57 heavy (non-hydrogen) atoms. The number of aliphatic imine (C=N–C) groups is 2. The van der Waals surface area contributed by atoms with Crippen LogP contribution in [-0.4, -0.2) is 16.1 Å².